The van der Waals surface area contributed by atoms with E-state index in [2.05, 4.69) is 26.1 Å². The Hall–Kier alpha value is -0.900. The lowest BCUT2D eigenvalue weighted by atomic mass is 9.92. The van der Waals surface area contributed by atoms with Gasteiger partial charge in [0.05, 0.1) is 5.69 Å². The molecule has 106 valence electrons. The molecule has 0 amide bonds. The van der Waals surface area contributed by atoms with E-state index in [-0.39, 0.29) is 6.86 Å². The van der Waals surface area contributed by atoms with Crippen LogP contribution in [0, 0.1) is 9.93 Å². The van der Waals surface area contributed by atoms with Gasteiger partial charge in [-0.15, -0.1) is 0 Å². The summed E-state index contributed by atoms with van der Waals surface area (Å²) >= 11 is 5.03. The number of anilines is 2. The van der Waals surface area contributed by atoms with Crippen LogP contribution in [-0.4, -0.2) is 20.6 Å². The molecule has 1 aromatic carbocycles. The summed E-state index contributed by atoms with van der Waals surface area (Å²) in [4.78, 5) is 13.3. The van der Waals surface area contributed by atoms with E-state index in [4.69, 9.17) is 12.2 Å². The first-order chi connectivity index (χ1) is 8.24. The summed E-state index contributed by atoms with van der Waals surface area (Å²) in [5.41, 5.74) is 1.83. The van der Waals surface area contributed by atoms with Crippen LogP contribution in [0.5, 0.6) is 0 Å². The molecule has 0 saturated heterocycles. The molecule has 0 radical (unpaired) electrons. The number of nitrogens with one attached hydrogen (secondary N) is 1. The van der Waals surface area contributed by atoms with Crippen molar-refractivity contribution in [3.8, 4) is 0 Å². The summed E-state index contributed by atoms with van der Waals surface area (Å²) in [7, 11) is 3.72. The lowest BCUT2D eigenvalue weighted by Gasteiger charge is -2.23. The van der Waals surface area contributed by atoms with Crippen molar-refractivity contribution in [1.82, 2.24) is 0 Å². The van der Waals surface area contributed by atoms with Gasteiger partial charge < -0.3 is 10.2 Å². The molecule has 0 atom stereocenters. The van der Waals surface area contributed by atoms with Gasteiger partial charge >= 0.3 is 0 Å². The van der Waals surface area contributed by atoms with Gasteiger partial charge in [-0.05, 0) is 11.8 Å². The Labute approximate surface area is 117 Å². The monoisotopic (exact) mass is 272 g/mol. The van der Waals surface area contributed by atoms with Crippen LogP contribution >= 0.6 is 12.2 Å². The normalized spacial score (nSPS) is 10.8. The predicted octanol–water partition coefficient (Wildman–Crippen LogP) is 3.84. The zero-order chi connectivity index (χ0) is 14.5. The largest absolute Gasteiger partial charge is 0.382 e. The Morgan fingerprint density at radius 3 is 2.17 bits per heavy atom. The molecule has 3 nitrogen and oxygen atoms in total. The molecule has 0 heterocycles. The van der Waals surface area contributed by atoms with Crippen LogP contribution < -0.4 is 15.6 Å². The van der Waals surface area contributed by atoms with E-state index in [0.29, 0.717) is 15.6 Å². The summed E-state index contributed by atoms with van der Waals surface area (Å²) in [5.74, 6) is 0. The van der Waals surface area contributed by atoms with E-state index in [1.807, 2.05) is 32.8 Å². The van der Waals surface area contributed by atoms with Gasteiger partial charge in [0, 0.05) is 22.1 Å². The zero-order valence-electron chi connectivity index (χ0n) is 12.7. The van der Waals surface area contributed by atoms with Gasteiger partial charge in [-0.25, -0.2) is 0 Å². The fourth-order valence-electron chi connectivity index (χ4n) is 1.53. The molecule has 0 bridgehead atoms. The molecule has 0 unspecified atom stereocenters. The maximum absolute atomic E-state index is 11.5. The van der Waals surface area contributed by atoms with Gasteiger partial charge in [0.25, 0.3) is 0 Å². The second-order valence-corrected chi connectivity index (χ2v) is 5.92. The molecule has 1 aromatic rings. The molecule has 1 rings (SSSR count). The van der Waals surface area contributed by atoms with E-state index in [1.165, 1.54) is 0 Å². The van der Waals surface area contributed by atoms with E-state index in [9.17, 15) is 4.79 Å². The van der Waals surface area contributed by atoms with E-state index in [0.717, 1.165) is 18.7 Å². The van der Waals surface area contributed by atoms with Gasteiger partial charge in [-0.1, -0.05) is 46.8 Å². The second-order valence-electron chi connectivity index (χ2n) is 5.51. The number of nitrogens with zero attached hydrogens (tertiary/aromatic N) is 1. The molecule has 0 aliphatic heterocycles. The van der Waals surface area contributed by atoms with Gasteiger partial charge in [-0.2, -0.15) is 0 Å². The summed E-state index contributed by atoms with van der Waals surface area (Å²) in [6.07, 6.45) is 1.05. The molecule has 0 aromatic heterocycles. The van der Waals surface area contributed by atoms with Crippen LogP contribution in [0.2, 0.25) is 0 Å². The zero-order valence-corrected chi connectivity index (χ0v) is 13.5. The molecule has 0 aliphatic rings. The summed E-state index contributed by atoms with van der Waals surface area (Å²) in [6.45, 7) is 11.4. The van der Waals surface area contributed by atoms with Crippen molar-refractivity contribution in [3.63, 3.8) is 0 Å². The number of hydrogen-bond donors (Lipinski definition) is 1. The topological polar surface area (TPSA) is 32.3 Å². The number of hydrogen-bond acceptors (Lipinski definition) is 4. The molecule has 0 aliphatic carbocycles. The smallest absolute Gasteiger partial charge is 0.224 e. The SMILES string of the molecule is CC.CN(C)c1c(NCCC(C)(C)C)c(=S)c1=O.[HH]. The molecule has 0 saturated carbocycles. The highest BCUT2D eigenvalue weighted by Gasteiger charge is 2.19. The summed E-state index contributed by atoms with van der Waals surface area (Å²) < 4.78 is 0.442. The molecule has 4 heteroatoms. The predicted molar refractivity (Wildman–Crippen MR) is 86.3 cm³/mol. The fourth-order valence-corrected chi connectivity index (χ4v) is 1.80. The van der Waals surface area contributed by atoms with Gasteiger partial charge in [0.15, 0.2) is 0 Å². The van der Waals surface area contributed by atoms with Crippen LogP contribution in [0.3, 0.4) is 0 Å². The van der Waals surface area contributed by atoms with Crippen molar-refractivity contribution in [2.45, 2.75) is 41.0 Å². The summed E-state index contributed by atoms with van der Waals surface area (Å²) in [5, 5.41) is 3.26. The van der Waals surface area contributed by atoms with E-state index < -0.39 is 0 Å². The van der Waals surface area contributed by atoms with E-state index in [1.54, 1.807) is 0 Å². The standard InChI is InChI=1S/C12H20N2OS.C2H6.H2/c1-12(2,3)6-7-13-8-9(14(4)5)10(15)11(8)16;1-2;/h13H,6-7H2,1-5H3;1-2H3;1H. The Morgan fingerprint density at radius 2 is 1.78 bits per heavy atom. The van der Waals surface area contributed by atoms with Gasteiger partial charge in [0.1, 0.15) is 10.2 Å². The first-order valence-corrected chi connectivity index (χ1v) is 6.89. The van der Waals surface area contributed by atoms with Crippen LogP contribution in [0.4, 0.5) is 11.4 Å². The Morgan fingerprint density at radius 1 is 1.28 bits per heavy atom. The lowest BCUT2D eigenvalue weighted by Crippen LogP contribution is -2.27. The van der Waals surface area contributed by atoms with Crippen LogP contribution in [-0.2, 0) is 0 Å². The second kappa shape index (κ2) is 6.88. The quantitative estimate of drug-likeness (QED) is 0.844. The third-order valence-electron chi connectivity index (χ3n) is 2.51. The van der Waals surface area contributed by atoms with Crippen LogP contribution in [0.15, 0.2) is 4.79 Å². The first kappa shape index (κ1) is 17.1. The van der Waals surface area contributed by atoms with Gasteiger partial charge in [-0.3, -0.25) is 4.79 Å². The van der Waals surface area contributed by atoms with Crippen molar-refractivity contribution in [3.05, 3.63) is 14.7 Å². The van der Waals surface area contributed by atoms with Gasteiger partial charge in [0.2, 0.25) is 5.43 Å². The Balaban J connectivity index is 0. The molecule has 1 N–H and O–H groups in total. The molecular weight excluding hydrogens is 244 g/mol. The van der Waals surface area contributed by atoms with Crippen LogP contribution in [0.1, 0.15) is 42.5 Å². The minimum Gasteiger partial charge on any atom is -0.382 e. The minimum atomic E-state index is -0.0155. The maximum atomic E-state index is 11.5. The summed E-state index contributed by atoms with van der Waals surface area (Å²) in [6, 6.07) is 0. The third-order valence-corrected chi connectivity index (χ3v) is 2.90. The molecule has 0 spiro atoms. The Bertz CT molecular complexity index is 443. The molecule has 18 heavy (non-hydrogen) atoms. The first-order valence-electron chi connectivity index (χ1n) is 6.48. The number of rotatable bonds is 4. The highest BCUT2D eigenvalue weighted by Crippen LogP contribution is 2.26. The van der Waals surface area contributed by atoms with E-state index >= 15 is 0 Å². The average molecular weight is 272 g/mol. The fraction of sp³-hybridized carbons (Fsp3) is 0.714. The van der Waals surface area contributed by atoms with Crippen molar-refractivity contribution in [2.24, 2.45) is 5.41 Å². The molecule has 0 fully saturated rings. The van der Waals surface area contributed by atoms with Crippen molar-refractivity contribution < 1.29 is 1.43 Å². The third kappa shape index (κ3) is 4.41. The molecular formula is C14H28N2OS. The van der Waals surface area contributed by atoms with Crippen molar-refractivity contribution >= 4 is 23.6 Å². The maximum Gasteiger partial charge on any atom is 0.224 e. The minimum absolute atomic E-state index is 0. The Kier molecular flexibility index (Phi) is 6.54. The van der Waals surface area contributed by atoms with Crippen molar-refractivity contribution in [2.75, 3.05) is 30.9 Å². The van der Waals surface area contributed by atoms with Crippen LogP contribution in [0.25, 0.3) is 0 Å². The lowest BCUT2D eigenvalue weighted by molar-refractivity contribution is 0.390. The van der Waals surface area contributed by atoms with Crippen molar-refractivity contribution in [1.29, 1.82) is 0 Å². The highest BCUT2D eigenvalue weighted by atomic mass is 32.1. The highest BCUT2D eigenvalue weighted by molar-refractivity contribution is 7.71. The average Bonchev–Trinajstić information content (AvgIpc) is 2.27.